The van der Waals surface area contributed by atoms with E-state index in [9.17, 15) is 22.8 Å². The van der Waals surface area contributed by atoms with Gasteiger partial charge in [-0.25, -0.2) is 0 Å². The Bertz CT molecular complexity index is 747. The Labute approximate surface area is 154 Å². The lowest BCUT2D eigenvalue weighted by atomic mass is 10.1. The number of hydrogen-bond acceptors (Lipinski definition) is 3. The van der Waals surface area contributed by atoms with Crippen LogP contribution in [0.5, 0.6) is 5.75 Å². The van der Waals surface area contributed by atoms with Gasteiger partial charge in [0.25, 0.3) is 5.91 Å². The predicted molar refractivity (Wildman–Crippen MR) is 93.3 cm³/mol. The van der Waals surface area contributed by atoms with Crippen LogP contribution in [0.2, 0.25) is 0 Å². The lowest BCUT2D eigenvalue weighted by Crippen LogP contribution is -2.35. The van der Waals surface area contributed by atoms with Crippen LogP contribution >= 0.6 is 0 Å². The van der Waals surface area contributed by atoms with E-state index in [1.165, 1.54) is 0 Å². The zero-order valence-electron chi connectivity index (χ0n) is 14.4. The van der Waals surface area contributed by atoms with Crippen LogP contribution in [-0.4, -0.2) is 31.5 Å². The third kappa shape index (κ3) is 7.01. The smallest absolute Gasteiger partial charge is 0.416 e. The summed E-state index contributed by atoms with van der Waals surface area (Å²) in [4.78, 5) is 23.5. The molecule has 0 radical (unpaired) electrons. The minimum absolute atomic E-state index is 0.116. The Morgan fingerprint density at radius 3 is 2.15 bits per heavy atom. The van der Waals surface area contributed by atoms with Crippen molar-refractivity contribution in [2.75, 3.05) is 19.7 Å². The SMILES string of the molecule is O=C(CCOc1ccccc1)NCCNC(=O)c1ccc(C(F)(F)F)cc1. The summed E-state index contributed by atoms with van der Waals surface area (Å²) >= 11 is 0. The van der Waals surface area contributed by atoms with E-state index in [1.54, 1.807) is 12.1 Å². The minimum Gasteiger partial charge on any atom is -0.493 e. The molecule has 0 saturated carbocycles. The molecule has 2 N–H and O–H groups in total. The number of nitrogens with one attached hydrogen (secondary N) is 2. The molecule has 2 rings (SSSR count). The molecule has 0 bridgehead atoms. The first-order chi connectivity index (χ1) is 12.9. The average Bonchev–Trinajstić information content (AvgIpc) is 2.65. The van der Waals surface area contributed by atoms with Crippen LogP contribution in [0.4, 0.5) is 13.2 Å². The molecule has 0 aromatic heterocycles. The summed E-state index contributed by atoms with van der Waals surface area (Å²) in [6.45, 7) is 0.593. The average molecular weight is 380 g/mol. The van der Waals surface area contributed by atoms with Crippen molar-refractivity contribution in [2.45, 2.75) is 12.6 Å². The van der Waals surface area contributed by atoms with Gasteiger partial charge in [-0.15, -0.1) is 0 Å². The fraction of sp³-hybridized carbons (Fsp3) is 0.263. The monoisotopic (exact) mass is 380 g/mol. The second-order valence-corrected chi connectivity index (χ2v) is 5.59. The van der Waals surface area contributed by atoms with Gasteiger partial charge >= 0.3 is 6.18 Å². The van der Waals surface area contributed by atoms with Crippen molar-refractivity contribution in [3.8, 4) is 5.75 Å². The molecule has 2 aromatic carbocycles. The second-order valence-electron chi connectivity index (χ2n) is 5.59. The topological polar surface area (TPSA) is 67.4 Å². The molecule has 27 heavy (non-hydrogen) atoms. The number of rotatable bonds is 8. The zero-order valence-corrected chi connectivity index (χ0v) is 14.4. The van der Waals surface area contributed by atoms with Gasteiger partial charge in [0.15, 0.2) is 0 Å². The number of halogens is 3. The number of carbonyl (C=O) groups excluding carboxylic acids is 2. The van der Waals surface area contributed by atoms with Crippen LogP contribution in [0.15, 0.2) is 54.6 Å². The Morgan fingerprint density at radius 1 is 0.889 bits per heavy atom. The molecule has 0 aliphatic heterocycles. The highest BCUT2D eigenvalue weighted by molar-refractivity contribution is 5.94. The maximum Gasteiger partial charge on any atom is 0.416 e. The van der Waals surface area contributed by atoms with Gasteiger partial charge in [0.05, 0.1) is 18.6 Å². The van der Waals surface area contributed by atoms with Crippen molar-refractivity contribution in [1.29, 1.82) is 0 Å². The first-order valence-electron chi connectivity index (χ1n) is 8.26. The molecular weight excluding hydrogens is 361 g/mol. The summed E-state index contributed by atoms with van der Waals surface area (Å²) in [6, 6.07) is 13.0. The Kier molecular flexibility index (Phi) is 7.22. The van der Waals surface area contributed by atoms with Crippen LogP contribution in [0, 0.1) is 0 Å². The lowest BCUT2D eigenvalue weighted by Gasteiger charge is -2.09. The molecule has 2 amide bonds. The highest BCUT2D eigenvalue weighted by Gasteiger charge is 2.30. The summed E-state index contributed by atoms with van der Waals surface area (Å²) in [7, 11) is 0. The van der Waals surface area contributed by atoms with Crippen molar-refractivity contribution in [3.63, 3.8) is 0 Å². The van der Waals surface area contributed by atoms with Gasteiger partial charge in [0.1, 0.15) is 5.75 Å². The van der Waals surface area contributed by atoms with Crippen LogP contribution in [-0.2, 0) is 11.0 Å². The lowest BCUT2D eigenvalue weighted by molar-refractivity contribution is -0.137. The number of para-hydroxylation sites is 1. The molecule has 8 heteroatoms. The van der Waals surface area contributed by atoms with E-state index in [0.717, 1.165) is 24.3 Å². The Balaban J connectivity index is 1.62. The number of alkyl halides is 3. The summed E-state index contributed by atoms with van der Waals surface area (Å²) in [5.41, 5.74) is -0.699. The minimum atomic E-state index is -4.44. The molecule has 0 unspecified atom stereocenters. The van der Waals surface area contributed by atoms with Crippen molar-refractivity contribution >= 4 is 11.8 Å². The molecule has 5 nitrogen and oxygen atoms in total. The van der Waals surface area contributed by atoms with Crippen molar-refractivity contribution in [3.05, 3.63) is 65.7 Å². The van der Waals surface area contributed by atoms with E-state index in [4.69, 9.17) is 4.74 Å². The standard InChI is InChI=1S/C19H19F3N2O3/c20-19(21,22)15-8-6-14(7-9-15)18(26)24-12-11-23-17(25)10-13-27-16-4-2-1-3-5-16/h1-9H,10-13H2,(H,23,25)(H,24,26). The van der Waals surface area contributed by atoms with Crippen molar-refractivity contribution < 1.29 is 27.5 Å². The fourth-order valence-electron chi connectivity index (χ4n) is 2.16. The van der Waals surface area contributed by atoms with Crippen LogP contribution in [0.1, 0.15) is 22.3 Å². The largest absolute Gasteiger partial charge is 0.493 e. The third-order valence-corrected chi connectivity index (χ3v) is 3.55. The number of ether oxygens (including phenoxy) is 1. The van der Waals surface area contributed by atoms with E-state index in [1.807, 2.05) is 18.2 Å². The van der Waals surface area contributed by atoms with Crippen LogP contribution in [0.3, 0.4) is 0 Å². The van der Waals surface area contributed by atoms with Gasteiger partial charge in [-0.1, -0.05) is 18.2 Å². The van der Waals surface area contributed by atoms with Crippen LogP contribution < -0.4 is 15.4 Å². The van der Waals surface area contributed by atoms with Crippen molar-refractivity contribution in [1.82, 2.24) is 10.6 Å². The number of amides is 2. The fourth-order valence-corrected chi connectivity index (χ4v) is 2.16. The molecule has 0 aliphatic carbocycles. The van der Waals surface area contributed by atoms with Gasteiger partial charge in [-0.2, -0.15) is 13.2 Å². The van der Waals surface area contributed by atoms with E-state index in [-0.39, 0.29) is 37.6 Å². The molecule has 0 aliphatic rings. The van der Waals surface area contributed by atoms with Crippen molar-refractivity contribution in [2.24, 2.45) is 0 Å². The van der Waals surface area contributed by atoms with E-state index >= 15 is 0 Å². The molecule has 0 atom stereocenters. The van der Waals surface area contributed by atoms with Gasteiger partial charge < -0.3 is 15.4 Å². The van der Waals surface area contributed by atoms with E-state index in [0.29, 0.717) is 5.75 Å². The van der Waals surface area contributed by atoms with E-state index < -0.39 is 17.6 Å². The Morgan fingerprint density at radius 2 is 1.52 bits per heavy atom. The third-order valence-electron chi connectivity index (χ3n) is 3.55. The molecule has 0 saturated heterocycles. The highest BCUT2D eigenvalue weighted by Crippen LogP contribution is 2.29. The Hall–Kier alpha value is -3.03. The number of benzene rings is 2. The predicted octanol–water partition coefficient (Wildman–Crippen LogP) is 3.02. The van der Waals surface area contributed by atoms with Gasteiger partial charge in [-0.05, 0) is 36.4 Å². The maximum atomic E-state index is 12.5. The van der Waals surface area contributed by atoms with Gasteiger partial charge in [-0.3, -0.25) is 9.59 Å². The van der Waals surface area contributed by atoms with Gasteiger partial charge in [0, 0.05) is 18.7 Å². The molecule has 144 valence electrons. The summed E-state index contributed by atoms with van der Waals surface area (Å²) in [5, 5.41) is 5.15. The molecule has 0 spiro atoms. The molecule has 0 heterocycles. The summed E-state index contributed by atoms with van der Waals surface area (Å²) in [6.07, 6.45) is -4.27. The first-order valence-corrected chi connectivity index (χ1v) is 8.26. The highest BCUT2D eigenvalue weighted by atomic mass is 19.4. The normalized spacial score (nSPS) is 10.9. The zero-order chi connectivity index (χ0) is 19.7. The number of hydrogen-bond donors (Lipinski definition) is 2. The quantitative estimate of drug-likeness (QED) is 0.692. The van der Waals surface area contributed by atoms with E-state index in [2.05, 4.69) is 10.6 Å². The molecule has 0 fully saturated rings. The maximum absolute atomic E-state index is 12.5. The second kappa shape index (κ2) is 9.61. The summed E-state index contributed by atoms with van der Waals surface area (Å²) < 4.78 is 42.8. The number of carbonyl (C=O) groups is 2. The first kappa shape index (κ1) is 20.3. The van der Waals surface area contributed by atoms with Gasteiger partial charge in [0.2, 0.25) is 5.91 Å². The van der Waals surface area contributed by atoms with Crippen LogP contribution in [0.25, 0.3) is 0 Å². The molecular formula is C19H19F3N2O3. The summed E-state index contributed by atoms with van der Waals surface area (Å²) in [5.74, 6) is -0.0609. The molecule has 2 aromatic rings.